The third-order valence-corrected chi connectivity index (χ3v) is 5.50. The predicted molar refractivity (Wildman–Crippen MR) is 118 cm³/mol. The third kappa shape index (κ3) is 3.43. The van der Waals surface area contributed by atoms with Gasteiger partial charge in [-0.25, -0.2) is 0 Å². The molecule has 0 aromatic heterocycles. The summed E-state index contributed by atoms with van der Waals surface area (Å²) < 4.78 is 5.24. The normalized spacial score (nSPS) is 16.7. The van der Waals surface area contributed by atoms with Crippen molar-refractivity contribution >= 4 is 23.2 Å². The molecule has 5 nitrogen and oxygen atoms in total. The van der Waals surface area contributed by atoms with Crippen molar-refractivity contribution in [2.24, 2.45) is 0 Å². The highest BCUT2D eigenvalue weighted by Gasteiger charge is 2.42. The van der Waals surface area contributed by atoms with Crippen LogP contribution >= 0.6 is 0 Å². The number of carbonyl (C=O) groups is 2. The molecule has 1 heterocycles. The molecule has 1 aliphatic heterocycles. The van der Waals surface area contributed by atoms with Crippen LogP contribution in [0, 0.1) is 13.8 Å². The summed E-state index contributed by atoms with van der Waals surface area (Å²) in [5, 5.41) is 0. The summed E-state index contributed by atoms with van der Waals surface area (Å²) in [6.45, 7) is 3.93. The van der Waals surface area contributed by atoms with E-state index in [0.29, 0.717) is 11.4 Å². The summed E-state index contributed by atoms with van der Waals surface area (Å²) >= 11 is 0. The van der Waals surface area contributed by atoms with Crippen molar-refractivity contribution in [3.8, 4) is 5.75 Å². The van der Waals surface area contributed by atoms with Crippen LogP contribution in [0.4, 0.5) is 11.4 Å². The van der Waals surface area contributed by atoms with Gasteiger partial charge in [0.25, 0.3) is 5.91 Å². The number of ether oxygens (including phenoxy) is 1. The van der Waals surface area contributed by atoms with E-state index >= 15 is 0 Å². The predicted octanol–water partition coefficient (Wildman–Crippen LogP) is 4.43. The van der Waals surface area contributed by atoms with E-state index in [4.69, 9.17) is 4.74 Å². The molecule has 1 fully saturated rings. The minimum atomic E-state index is -0.736. The molecule has 0 aliphatic carbocycles. The van der Waals surface area contributed by atoms with Gasteiger partial charge in [0.1, 0.15) is 18.3 Å². The molecular formula is C25H24N2O3. The second kappa shape index (κ2) is 8.03. The molecule has 0 bridgehead atoms. The van der Waals surface area contributed by atoms with Gasteiger partial charge in [0, 0.05) is 5.69 Å². The van der Waals surface area contributed by atoms with E-state index in [9.17, 15) is 9.59 Å². The molecule has 2 amide bonds. The molecule has 0 spiro atoms. The second-order valence-corrected chi connectivity index (χ2v) is 7.44. The maximum atomic E-state index is 13.8. The Morgan fingerprint density at radius 3 is 2.07 bits per heavy atom. The Hall–Kier alpha value is -3.60. The van der Waals surface area contributed by atoms with Crippen LogP contribution in [-0.2, 0) is 9.59 Å². The van der Waals surface area contributed by atoms with Crippen molar-refractivity contribution in [2.75, 3.05) is 23.5 Å². The minimum Gasteiger partial charge on any atom is -0.497 e. The van der Waals surface area contributed by atoms with Crippen LogP contribution in [-0.4, -0.2) is 25.5 Å². The fourth-order valence-electron chi connectivity index (χ4n) is 4.07. The van der Waals surface area contributed by atoms with Gasteiger partial charge in [0.2, 0.25) is 5.91 Å². The molecule has 1 unspecified atom stereocenters. The van der Waals surface area contributed by atoms with Crippen molar-refractivity contribution < 1.29 is 14.3 Å². The number of rotatable bonds is 4. The number of benzene rings is 3. The van der Waals surface area contributed by atoms with Gasteiger partial charge in [0.15, 0.2) is 0 Å². The number of methoxy groups -OCH3 is 1. The van der Waals surface area contributed by atoms with E-state index in [1.165, 1.54) is 0 Å². The number of piperazine rings is 1. The molecule has 4 rings (SSSR count). The first-order valence-electron chi connectivity index (χ1n) is 9.90. The van der Waals surface area contributed by atoms with Gasteiger partial charge >= 0.3 is 0 Å². The van der Waals surface area contributed by atoms with Gasteiger partial charge in [-0.05, 0) is 54.8 Å². The minimum absolute atomic E-state index is 0.000110. The Kier molecular flexibility index (Phi) is 5.27. The monoisotopic (exact) mass is 400 g/mol. The SMILES string of the molecule is COc1ccc(N2C(=O)CN(c3c(C)cccc3C)C(=O)C2c2ccccc2)cc1. The Balaban J connectivity index is 1.83. The lowest BCUT2D eigenvalue weighted by Crippen LogP contribution is -2.56. The van der Waals surface area contributed by atoms with E-state index in [-0.39, 0.29) is 18.4 Å². The van der Waals surface area contributed by atoms with Gasteiger partial charge in [-0.15, -0.1) is 0 Å². The van der Waals surface area contributed by atoms with Crippen LogP contribution in [0.2, 0.25) is 0 Å². The Labute approximate surface area is 176 Å². The van der Waals surface area contributed by atoms with Crippen LogP contribution in [0.1, 0.15) is 22.7 Å². The standard InChI is InChI=1S/C25H24N2O3/c1-17-8-7-9-18(2)23(17)26-16-22(28)27(20-12-14-21(30-3)15-13-20)24(25(26)29)19-10-5-4-6-11-19/h4-15,24H,16H2,1-3H3. The summed E-state index contributed by atoms with van der Waals surface area (Å²) in [4.78, 5) is 30.4. The molecule has 0 saturated carbocycles. The van der Waals surface area contributed by atoms with Crippen LogP contribution < -0.4 is 14.5 Å². The number of aryl methyl sites for hydroxylation is 2. The highest BCUT2D eigenvalue weighted by Crippen LogP contribution is 2.37. The van der Waals surface area contributed by atoms with E-state index in [0.717, 1.165) is 22.4 Å². The van der Waals surface area contributed by atoms with Crippen LogP contribution in [0.5, 0.6) is 5.75 Å². The molecule has 0 radical (unpaired) electrons. The lowest BCUT2D eigenvalue weighted by Gasteiger charge is -2.41. The average Bonchev–Trinajstić information content (AvgIpc) is 2.76. The lowest BCUT2D eigenvalue weighted by atomic mass is 9.98. The number of hydrogen-bond acceptors (Lipinski definition) is 3. The van der Waals surface area contributed by atoms with E-state index in [2.05, 4.69) is 0 Å². The zero-order chi connectivity index (χ0) is 21.3. The molecular weight excluding hydrogens is 376 g/mol. The summed E-state index contributed by atoms with van der Waals surface area (Å²) in [6.07, 6.45) is 0. The Morgan fingerprint density at radius 1 is 0.833 bits per heavy atom. The molecule has 1 atom stereocenters. The number of carbonyl (C=O) groups excluding carboxylic acids is 2. The van der Waals surface area contributed by atoms with Gasteiger partial charge < -0.3 is 9.64 Å². The molecule has 0 N–H and O–H groups in total. The van der Waals surface area contributed by atoms with Crippen LogP contribution in [0.3, 0.4) is 0 Å². The van der Waals surface area contributed by atoms with Crippen molar-refractivity contribution in [3.05, 3.63) is 89.5 Å². The van der Waals surface area contributed by atoms with Crippen LogP contribution in [0.25, 0.3) is 0 Å². The van der Waals surface area contributed by atoms with Gasteiger partial charge in [-0.2, -0.15) is 0 Å². The number of amides is 2. The van der Waals surface area contributed by atoms with Crippen molar-refractivity contribution in [1.29, 1.82) is 0 Å². The fourth-order valence-corrected chi connectivity index (χ4v) is 4.07. The molecule has 5 heteroatoms. The Bertz CT molecular complexity index is 1060. The summed E-state index contributed by atoms with van der Waals surface area (Å²) in [6, 6.07) is 21.8. The first-order chi connectivity index (χ1) is 14.5. The van der Waals surface area contributed by atoms with E-state index < -0.39 is 6.04 Å². The number of hydrogen-bond donors (Lipinski definition) is 0. The zero-order valence-corrected chi connectivity index (χ0v) is 17.3. The summed E-state index contributed by atoms with van der Waals surface area (Å²) in [7, 11) is 1.60. The van der Waals surface area contributed by atoms with Crippen molar-refractivity contribution in [3.63, 3.8) is 0 Å². The lowest BCUT2D eigenvalue weighted by molar-refractivity contribution is -0.128. The third-order valence-electron chi connectivity index (χ3n) is 5.50. The van der Waals surface area contributed by atoms with Crippen molar-refractivity contribution in [2.45, 2.75) is 19.9 Å². The summed E-state index contributed by atoms with van der Waals surface area (Å²) in [5.41, 5.74) is 4.21. The fraction of sp³-hybridized carbons (Fsp3) is 0.200. The van der Waals surface area contributed by atoms with E-state index in [1.54, 1.807) is 29.0 Å². The molecule has 3 aromatic rings. The topological polar surface area (TPSA) is 49.9 Å². The maximum Gasteiger partial charge on any atom is 0.255 e. The highest BCUT2D eigenvalue weighted by atomic mass is 16.5. The van der Waals surface area contributed by atoms with Crippen LogP contribution in [0.15, 0.2) is 72.8 Å². The Morgan fingerprint density at radius 2 is 1.47 bits per heavy atom. The molecule has 30 heavy (non-hydrogen) atoms. The second-order valence-electron chi connectivity index (χ2n) is 7.44. The van der Waals surface area contributed by atoms with E-state index in [1.807, 2.05) is 74.5 Å². The molecule has 1 saturated heterocycles. The smallest absolute Gasteiger partial charge is 0.255 e. The van der Waals surface area contributed by atoms with Gasteiger partial charge in [-0.1, -0.05) is 48.5 Å². The van der Waals surface area contributed by atoms with Gasteiger partial charge in [-0.3, -0.25) is 14.5 Å². The highest BCUT2D eigenvalue weighted by molar-refractivity contribution is 6.15. The number of nitrogens with zero attached hydrogens (tertiary/aromatic N) is 2. The molecule has 1 aliphatic rings. The maximum absolute atomic E-state index is 13.8. The summed E-state index contributed by atoms with van der Waals surface area (Å²) in [5.74, 6) is 0.452. The number of anilines is 2. The largest absolute Gasteiger partial charge is 0.497 e. The molecule has 152 valence electrons. The average molecular weight is 400 g/mol. The molecule has 3 aromatic carbocycles. The quantitative estimate of drug-likeness (QED) is 0.651. The zero-order valence-electron chi connectivity index (χ0n) is 17.3. The first-order valence-corrected chi connectivity index (χ1v) is 9.90. The van der Waals surface area contributed by atoms with Gasteiger partial charge in [0.05, 0.1) is 12.8 Å². The van der Waals surface area contributed by atoms with Crippen molar-refractivity contribution in [1.82, 2.24) is 0 Å². The number of para-hydroxylation sites is 1. The first kappa shape index (κ1) is 19.7.